The van der Waals surface area contributed by atoms with E-state index in [1.807, 2.05) is 27.7 Å². The molecule has 1 N–H and O–H groups in total. The zero-order valence-corrected chi connectivity index (χ0v) is 11.5. The van der Waals surface area contributed by atoms with E-state index in [4.69, 9.17) is 9.31 Å². The van der Waals surface area contributed by atoms with Crippen molar-refractivity contribution in [3.8, 4) is 0 Å². The van der Waals surface area contributed by atoms with Gasteiger partial charge in [-0.2, -0.15) is 0 Å². The van der Waals surface area contributed by atoms with E-state index in [-0.39, 0.29) is 0 Å². The molecule has 1 aliphatic rings. The molecule has 2 rings (SSSR count). The second-order valence-corrected chi connectivity index (χ2v) is 5.58. The number of aromatic amines is 1. The summed E-state index contributed by atoms with van der Waals surface area (Å²) in [4.78, 5) is 13.8. The highest BCUT2D eigenvalue weighted by atomic mass is 19.1. The number of hydrogen-bond donors (Lipinski definition) is 1. The number of halogens is 1. The third-order valence-corrected chi connectivity index (χ3v) is 3.59. The summed E-state index contributed by atoms with van der Waals surface area (Å²) in [6, 6.07) is 1.19. The first-order valence-electron chi connectivity index (χ1n) is 6.13. The Morgan fingerprint density at radius 3 is 2.37 bits per heavy atom. The van der Waals surface area contributed by atoms with Crippen molar-refractivity contribution in [1.29, 1.82) is 0 Å². The second kappa shape index (κ2) is 4.61. The molecule has 19 heavy (non-hydrogen) atoms. The average Bonchev–Trinajstić information content (AvgIpc) is 2.49. The molecule has 0 atom stereocenters. The molecule has 0 aromatic carbocycles. The fourth-order valence-electron chi connectivity index (χ4n) is 1.72. The van der Waals surface area contributed by atoms with Gasteiger partial charge in [-0.1, -0.05) is 5.98 Å². The van der Waals surface area contributed by atoms with Crippen molar-refractivity contribution in [3.05, 3.63) is 40.0 Å². The van der Waals surface area contributed by atoms with Gasteiger partial charge in [0.2, 0.25) is 5.43 Å². The van der Waals surface area contributed by atoms with E-state index in [0.29, 0.717) is 5.69 Å². The lowest BCUT2D eigenvalue weighted by Crippen LogP contribution is -2.41. The Hall–Kier alpha value is -1.40. The second-order valence-electron chi connectivity index (χ2n) is 5.58. The maximum atomic E-state index is 12.8. The van der Waals surface area contributed by atoms with E-state index in [0.717, 1.165) is 6.20 Å². The van der Waals surface area contributed by atoms with Crippen molar-refractivity contribution in [2.75, 3.05) is 0 Å². The molecule has 4 nitrogen and oxygen atoms in total. The number of aromatic nitrogens is 1. The lowest BCUT2D eigenvalue weighted by atomic mass is 9.89. The summed E-state index contributed by atoms with van der Waals surface area (Å²) in [7, 11) is -0.487. The molecule has 0 bridgehead atoms. The van der Waals surface area contributed by atoms with Crippen molar-refractivity contribution < 1.29 is 13.7 Å². The summed E-state index contributed by atoms with van der Waals surface area (Å²) >= 11 is 0. The standard InChI is InChI=1S/C13H17BFNO3/c1-12(2)13(3,4)19-14(18-12)6-5-9-7-11(17)10(15)8-16-9/h5-8H,1-4H3,(H,16,17)/b6-5+. The highest BCUT2D eigenvalue weighted by molar-refractivity contribution is 6.52. The van der Waals surface area contributed by atoms with Gasteiger partial charge in [0.15, 0.2) is 5.82 Å². The van der Waals surface area contributed by atoms with Crippen LogP contribution in [0.25, 0.3) is 6.08 Å². The van der Waals surface area contributed by atoms with Gasteiger partial charge >= 0.3 is 7.12 Å². The highest BCUT2D eigenvalue weighted by Crippen LogP contribution is 2.36. The average molecular weight is 265 g/mol. The topological polar surface area (TPSA) is 51.3 Å². The molecule has 1 aromatic rings. The number of pyridine rings is 1. The summed E-state index contributed by atoms with van der Waals surface area (Å²) in [5.74, 6) is 0.896. The first-order chi connectivity index (χ1) is 8.71. The molecule has 1 fully saturated rings. The van der Waals surface area contributed by atoms with Gasteiger partial charge in [0.1, 0.15) is 0 Å². The molecule has 102 valence electrons. The third-order valence-electron chi connectivity index (χ3n) is 3.59. The quantitative estimate of drug-likeness (QED) is 0.833. The predicted octanol–water partition coefficient (Wildman–Crippen LogP) is 2.16. The maximum Gasteiger partial charge on any atom is 0.487 e. The zero-order chi connectivity index (χ0) is 14.3. The SMILES string of the molecule is CC1(C)OB(/C=C/c2cc(=O)c(F)c[nH]2)OC1(C)C. The van der Waals surface area contributed by atoms with Gasteiger partial charge in [-0.25, -0.2) is 4.39 Å². The van der Waals surface area contributed by atoms with Crippen LogP contribution >= 0.6 is 0 Å². The largest absolute Gasteiger partial charge is 0.487 e. The lowest BCUT2D eigenvalue weighted by Gasteiger charge is -2.32. The molecule has 1 aliphatic heterocycles. The minimum absolute atomic E-state index is 0.405. The molecule has 0 aliphatic carbocycles. The summed E-state index contributed by atoms with van der Waals surface area (Å²) in [5, 5.41) is 0. The van der Waals surface area contributed by atoms with Crippen molar-refractivity contribution in [1.82, 2.24) is 4.98 Å². The minimum Gasteiger partial charge on any atom is -0.400 e. The monoisotopic (exact) mass is 265 g/mol. The summed E-state index contributed by atoms with van der Waals surface area (Å²) < 4.78 is 24.4. The van der Waals surface area contributed by atoms with E-state index < -0.39 is 29.6 Å². The Morgan fingerprint density at radius 2 is 1.84 bits per heavy atom. The van der Waals surface area contributed by atoms with Gasteiger partial charge in [-0.05, 0) is 33.8 Å². The summed E-state index contributed by atoms with van der Waals surface area (Å²) in [6.07, 6.45) is 2.68. The predicted molar refractivity (Wildman–Crippen MR) is 72.1 cm³/mol. The molecule has 6 heteroatoms. The van der Waals surface area contributed by atoms with Crippen LogP contribution in [-0.4, -0.2) is 23.3 Å². The van der Waals surface area contributed by atoms with Crippen LogP contribution in [-0.2, 0) is 9.31 Å². The Balaban J connectivity index is 2.12. The molecule has 0 radical (unpaired) electrons. The van der Waals surface area contributed by atoms with E-state index in [9.17, 15) is 9.18 Å². The van der Waals surface area contributed by atoms with E-state index in [2.05, 4.69) is 4.98 Å². The van der Waals surface area contributed by atoms with Gasteiger partial charge in [0.05, 0.1) is 11.2 Å². The Morgan fingerprint density at radius 1 is 1.26 bits per heavy atom. The molecule has 0 unspecified atom stereocenters. The highest BCUT2D eigenvalue weighted by Gasteiger charge is 2.49. The Labute approximate surface area is 111 Å². The molecule has 0 spiro atoms. The fourth-order valence-corrected chi connectivity index (χ4v) is 1.72. The molecular formula is C13H17BFNO3. The van der Waals surface area contributed by atoms with Crippen LogP contribution in [0.2, 0.25) is 0 Å². The van der Waals surface area contributed by atoms with Crippen molar-refractivity contribution in [3.63, 3.8) is 0 Å². The number of hydrogen-bond acceptors (Lipinski definition) is 3. The third kappa shape index (κ3) is 2.79. The molecule has 1 saturated heterocycles. The van der Waals surface area contributed by atoms with Gasteiger partial charge in [-0.3, -0.25) is 4.79 Å². The molecule has 0 amide bonds. The lowest BCUT2D eigenvalue weighted by molar-refractivity contribution is 0.00578. The Kier molecular flexibility index (Phi) is 3.41. The summed E-state index contributed by atoms with van der Waals surface area (Å²) in [6.45, 7) is 7.84. The van der Waals surface area contributed by atoms with Crippen molar-refractivity contribution in [2.24, 2.45) is 0 Å². The number of H-pyrrole nitrogens is 1. The normalized spacial score (nSPS) is 21.2. The molecule has 0 saturated carbocycles. The van der Waals surface area contributed by atoms with Crippen LogP contribution in [0.3, 0.4) is 0 Å². The number of rotatable bonds is 2. The van der Waals surface area contributed by atoms with Crippen molar-refractivity contribution >= 4 is 13.2 Å². The first-order valence-corrected chi connectivity index (χ1v) is 6.13. The Bertz CT molecular complexity index is 549. The van der Waals surface area contributed by atoms with Crippen molar-refractivity contribution in [2.45, 2.75) is 38.9 Å². The van der Waals surface area contributed by atoms with Crippen LogP contribution in [0, 0.1) is 5.82 Å². The first kappa shape index (κ1) is 14.0. The van der Waals surface area contributed by atoms with Crippen LogP contribution in [0.4, 0.5) is 4.39 Å². The molecular weight excluding hydrogens is 248 g/mol. The number of nitrogens with one attached hydrogen (secondary N) is 1. The van der Waals surface area contributed by atoms with Crippen LogP contribution in [0.1, 0.15) is 33.4 Å². The summed E-state index contributed by atoms with van der Waals surface area (Å²) in [5.41, 5.74) is -0.954. The van der Waals surface area contributed by atoms with Crippen LogP contribution < -0.4 is 5.43 Å². The zero-order valence-electron chi connectivity index (χ0n) is 11.5. The van der Waals surface area contributed by atoms with Gasteiger partial charge < -0.3 is 14.3 Å². The van der Waals surface area contributed by atoms with Crippen LogP contribution in [0.15, 0.2) is 23.0 Å². The van der Waals surface area contributed by atoms with E-state index >= 15 is 0 Å². The van der Waals surface area contributed by atoms with E-state index in [1.54, 1.807) is 12.1 Å². The molecule has 1 aromatic heterocycles. The smallest absolute Gasteiger partial charge is 0.400 e. The van der Waals surface area contributed by atoms with Gasteiger partial charge in [0, 0.05) is 18.0 Å². The van der Waals surface area contributed by atoms with Crippen LogP contribution in [0.5, 0.6) is 0 Å². The van der Waals surface area contributed by atoms with Gasteiger partial charge in [0.25, 0.3) is 0 Å². The fraction of sp³-hybridized carbons (Fsp3) is 0.462. The minimum atomic E-state index is -0.798. The maximum absolute atomic E-state index is 12.8. The molecule has 2 heterocycles. The van der Waals surface area contributed by atoms with E-state index in [1.165, 1.54) is 6.07 Å². The van der Waals surface area contributed by atoms with Gasteiger partial charge in [-0.15, -0.1) is 0 Å².